The summed E-state index contributed by atoms with van der Waals surface area (Å²) in [6, 6.07) is 79.0. The molecular weight excluding hydrogens is 851 g/mol. The van der Waals surface area contributed by atoms with Gasteiger partial charge in [-0.1, -0.05) is 188 Å². The number of para-hydroxylation sites is 7. The van der Waals surface area contributed by atoms with Crippen molar-refractivity contribution < 1.29 is 8.83 Å². The molecule has 0 spiro atoms. The summed E-state index contributed by atoms with van der Waals surface area (Å²) in [7, 11) is 0. The van der Waals surface area contributed by atoms with Crippen LogP contribution in [0.15, 0.2) is 233 Å². The van der Waals surface area contributed by atoms with Gasteiger partial charge in [-0.05, 0) is 58.7 Å². The number of imidazole rings is 1. The van der Waals surface area contributed by atoms with E-state index in [1.807, 2.05) is 36.4 Å². The zero-order valence-electron chi connectivity index (χ0n) is 36.4. The van der Waals surface area contributed by atoms with E-state index in [0.717, 1.165) is 137 Å². The Morgan fingerprint density at radius 1 is 0.353 bits per heavy atom. The molecule has 0 aliphatic heterocycles. The summed E-state index contributed by atoms with van der Waals surface area (Å²) in [5.74, 6) is 0.901. The molecule has 318 valence electrons. The van der Waals surface area contributed by atoms with Crippen molar-refractivity contribution in [2.24, 2.45) is 0 Å². The lowest BCUT2D eigenvalue weighted by molar-refractivity contribution is 0.669. The van der Waals surface area contributed by atoms with Gasteiger partial charge in [0, 0.05) is 60.6 Å². The normalized spacial score (nSPS) is 11.8. The number of furan rings is 2. The van der Waals surface area contributed by atoms with Gasteiger partial charge in [0.05, 0.1) is 21.3 Å². The molecule has 0 radical (unpaired) electrons. The summed E-state index contributed by atoms with van der Waals surface area (Å²) in [4.78, 5) is 10.6. The minimum atomic E-state index is 0.897. The van der Waals surface area contributed by atoms with Gasteiger partial charge >= 0.3 is 0 Å². The first-order valence-electron chi connectivity index (χ1n) is 22.8. The van der Waals surface area contributed by atoms with Crippen LogP contribution in [0.3, 0.4) is 0 Å². The van der Waals surface area contributed by atoms with Crippen LogP contribution in [0.5, 0.6) is 0 Å². The summed E-state index contributed by atoms with van der Waals surface area (Å²) in [5, 5.41) is 5.46. The number of fused-ring (bicyclic) bond motifs is 8. The van der Waals surface area contributed by atoms with Gasteiger partial charge in [-0.2, -0.15) is 0 Å². The molecule has 68 heavy (non-hydrogen) atoms. The van der Waals surface area contributed by atoms with E-state index < -0.39 is 0 Å². The Kier molecular flexibility index (Phi) is 8.69. The maximum absolute atomic E-state index is 6.43. The predicted molar refractivity (Wildman–Crippen MR) is 281 cm³/mol. The smallest absolute Gasteiger partial charge is 0.145 e. The summed E-state index contributed by atoms with van der Waals surface area (Å²) >= 11 is 1.74. The summed E-state index contributed by atoms with van der Waals surface area (Å²) in [5.41, 5.74) is 18.6. The highest BCUT2D eigenvalue weighted by molar-refractivity contribution is 7.22. The van der Waals surface area contributed by atoms with Crippen molar-refractivity contribution in [3.05, 3.63) is 224 Å². The number of thiazole rings is 1. The van der Waals surface area contributed by atoms with Crippen molar-refractivity contribution in [3.8, 4) is 72.2 Å². The molecule has 4 aromatic heterocycles. The Hall–Kier alpha value is -8.84. The first-order valence-corrected chi connectivity index (χ1v) is 23.6. The fraction of sp³-hybridized carbons (Fsp3) is 0. The summed E-state index contributed by atoms with van der Waals surface area (Å²) in [6.07, 6.45) is 0. The van der Waals surface area contributed by atoms with Crippen LogP contribution in [-0.4, -0.2) is 14.5 Å². The maximum atomic E-state index is 6.43. The quantitative estimate of drug-likeness (QED) is 0.160. The van der Waals surface area contributed by atoms with Crippen molar-refractivity contribution in [2.75, 3.05) is 0 Å². The average molecular weight is 888 g/mol. The molecule has 0 amide bonds. The van der Waals surface area contributed by atoms with Crippen molar-refractivity contribution >= 4 is 76.5 Å². The van der Waals surface area contributed by atoms with Crippen molar-refractivity contribution in [1.29, 1.82) is 0 Å². The van der Waals surface area contributed by atoms with E-state index in [4.69, 9.17) is 18.8 Å². The molecule has 0 saturated carbocycles. The van der Waals surface area contributed by atoms with Crippen LogP contribution in [0, 0.1) is 0 Å². The van der Waals surface area contributed by atoms with Crippen molar-refractivity contribution in [3.63, 3.8) is 0 Å². The molecule has 5 nitrogen and oxygen atoms in total. The molecule has 0 saturated heterocycles. The zero-order chi connectivity index (χ0) is 44.7. The summed E-state index contributed by atoms with van der Waals surface area (Å²) < 4.78 is 16.2. The number of nitrogens with zero attached hydrogens (tertiary/aromatic N) is 3. The monoisotopic (exact) mass is 887 g/mol. The Balaban J connectivity index is 0.875. The lowest BCUT2D eigenvalue weighted by Gasteiger charge is -2.10. The fourth-order valence-electron chi connectivity index (χ4n) is 10.0. The fourth-order valence-corrected chi connectivity index (χ4v) is 11.2. The molecule has 0 atom stereocenters. The molecule has 14 rings (SSSR count). The number of aromatic nitrogens is 3. The van der Waals surface area contributed by atoms with Crippen LogP contribution >= 0.6 is 11.3 Å². The molecule has 6 heteroatoms. The van der Waals surface area contributed by atoms with Crippen LogP contribution in [-0.2, 0) is 0 Å². The van der Waals surface area contributed by atoms with E-state index in [9.17, 15) is 0 Å². The molecule has 0 aliphatic rings. The standard InChI is InChI=1S/C62H37N3O2S/c1-2-12-44(13-3-1)65-54-21-7-6-20-53(54)63-61(65)42-32-34-43(35-33-42)62-64-57-45(38-24-26-39(27-25-38)46-16-10-18-51-49-14-4-8-22-55(49)66-58(46)51)36-37-48(60(57)68-62)41-30-28-40(29-31-41)47-17-11-19-52-50-15-5-9-23-56(50)67-59(47)52/h1-37H. The zero-order valence-corrected chi connectivity index (χ0v) is 37.2. The van der Waals surface area contributed by atoms with E-state index in [1.54, 1.807) is 11.3 Å². The van der Waals surface area contributed by atoms with E-state index in [0.29, 0.717) is 0 Å². The molecule has 14 aromatic rings. The third-order valence-corrected chi connectivity index (χ3v) is 14.5. The molecule has 10 aromatic carbocycles. The first kappa shape index (κ1) is 38.4. The predicted octanol–water partition coefficient (Wildman–Crippen LogP) is 17.4. The number of benzene rings is 10. The van der Waals surface area contributed by atoms with Crippen LogP contribution in [0.1, 0.15) is 0 Å². The van der Waals surface area contributed by atoms with E-state index in [1.165, 1.54) is 0 Å². The highest BCUT2D eigenvalue weighted by atomic mass is 32.1. The van der Waals surface area contributed by atoms with Gasteiger partial charge in [0.15, 0.2) is 0 Å². The second-order valence-corrected chi connectivity index (χ2v) is 18.2. The molecule has 0 aliphatic carbocycles. The van der Waals surface area contributed by atoms with Crippen LogP contribution < -0.4 is 0 Å². The van der Waals surface area contributed by atoms with Gasteiger partial charge in [0.1, 0.15) is 33.2 Å². The largest absolute Gasteiger partial charge is 0.455 e. The molecule has 0 fully saturated rings. The maximum Gasteiger partial charge on any atom is 0.145 e. The lowest BCUT2D eigenvalue weighted by atomic mass is 9.95. The minimum Gasteiger partial charge on any atom is -0.455 e. The summed E-state index contributed by atoms with van der Waals surface area (Å²) in [6.45, 7) is 0. The van der Waals surface area contributed by atoms with Gasteiger partial charge in [-0.3, -0.25) is 4.57 Å². The molecule has 0 unspecified atom stereocenters. The van der Waals surface area contributed by atoms with Gasteiger partial charge in [0.2, 0.25) is 0 Å². The highest BCUT2D eigenvalue weighted by Gasteiger charge is 2.20. The third-order valence-electron chi connectivity index (χ3n) is 13.3. The van der Waals surface area contributed by atoms with Gasteiger partial charge in [-0.15, -0.1) is 11.3 Å². The topological polar surface area (TPSA) is 57.0 Å². The van der Waals surface area contributed by atoms with Crippen molar-refractivity contribution in [2.45, 2.75) is 0 Å². The molecule has 4 heterocycles. The number of hydrogen-bond donors (Lipinski definition) is 0. The highest BCUT2D eigenvalue weighted by Crippen LogP contribution is 2.44. The van der Waals surface area contributed by atoms with Crippen LogP contribution in [0.4, 0.5) is 0 Å². The van der Waals surface area contributed by atoms with E-state index in [-0.39, 0.29) is 0 Å². The SMILES string of the molecule is c1ccc(-n2c(-c3ccc(-c4nc5c(-c6ccc(-c7cccc8c7oc7ccccc78)cc6)ccc(-c6ccc(-c7cccc8c7oc7ccccc78)cc6)c5s4)cc3)nc3ccccc32)cc1. The molecule has 0 N–H and O–H groups in total. The lowest BCUT2D eigenvalue weighted by Crippen LogP contribution is -1.97. The second-order valence-electron chi connectivity index (χ2n) is 17.2. The Labute approximate surface area is 394 Å². The van der Waals surface area contributed by atoms with Gasteiger partial charge in [0.25, 0.3) is 0 Å². The molecule has 0 bridgehead atoms. The van der Waals surface area contributed by atoms with E-state index >= 15 is 0 Å². The van der Waals surface area contributed by atoms with Crippen molar-refractivity contribution in [1.82, 2.24) is 14.5 Å². The minimum absolute atomic E-state index is 0.897. The van der Waals surface area contributed by atoms with E-state index in [2.05, 4.69) is 193 Å². The Morgan fingerprint density at radius 3 is 1.47 bits per heavy atom. The van der Waals surface area contributed by atoms with Crippen LogP contribution in [0.25, 0.3) is 137 Å². The Morgan fingerprint density at radius 2 is 0.838 bits per heavy atom. The Bertz CT molecular complexity index is 4040. The van der Waals surface area contributed by atoms with Gasteiger partial charge < -0.3 is 8.83 Å². The number of hydrogen-bond acceptors (Lipinski definition) is 5. The third kappa shape index (κ3) is 6.15. The molecular formula is C62H37N3O2S. The second kappa shape index (κ2) is 15.4. The first-order chi connectivity index (χ1) is 33.7. The van der Waals surface area contributed by atoms with Gasteiger partial charge in [-0.25, -0.2) is 9.97 Å². The number of rotatable bonds is 7. The average Bonchev–Trinajstić information content (AvgIpc) is 4.21. The van der Waals surface area contributed by atoms with Crippen LogP contribution in [0.2, 0.25) is 0 Å².